The van der Waals surface area contributed by atoms with Crippen LogP contribution in [0.25, 0.3) is 0 Å². The van der Waals surface area contributed by atoms with Gasteiger partial charge in [0.2, 0.25) is 5.91 Å². The number of amides is 2. The van der Waals surface area contributed by atoms with Gasteiger partial charge in [0.25, 0.3) is 5.91 Å². The molecule has 2 amide bonds. The largest absolute Gasteiger partial charge is 0.337 e. The fraction of sp³-hybridized carbons (Fsp3) is 0.333. The molecule has 126 valence electrons. The standard InChI is InChI=1S/C18H20N2O3S/c1-12-2-4-13(5-3-12)6-7-17(21)20-9-8-14-10-15(18(22)19-23)24-16(14)11-20/h2-5,10,23H,6-9,11H2,1H3,(H,19,22). The van der Waals surface area contributed by atoms with Gasteiger partial charge < -0.3 is 4.90 Å². The summed E-state index contributed by atoms with van der Waals surface area (Å²) >= 11 is 1.34. The maximum atomic E-state index is 12.5. The number of hydrogen-bond acceptors (Lipinski definition) is 4. The molecule has 1 aromatic carbocycles. The number of nitrogens with one attached hydrogen (secondary N) is 1. The van der Waals surface area contributed by atoms with Gasteiger partial charge in [0.05, 0.1) is 11.4 Å². The number of nitrogens with zero attached hydrogens (tertiary/aromatic N) is 1. The number of thiophene rings is 1. The predicted molar refractivity (Wildman–Crippen MR) is 92.2 cm³/mol. The third kappa shape index (κ3) is 3.66. The Balaban J connectivity index is 1.60. The molecule has 2 heterocycles. The van der Waals surface area contributed by atoms with E-state index in [1.165, 1.54) is 22.5 Å². The molecular weight excluding hydrogens is 324 g/mol. The van der Waals surface area contributed by atoms with E-state index in [1.54, 1.807) is 11.5 Å². The van der Waals surface area contributed by atoms with E-state index in [0.29, 0.717) is 24.4 Å². The van der Waals surface area contributed by atoms with Crippen LogP contribution in [-0.4, -0.2) is 28.5 Å². The van der Waals surface area contributed by atoms with Crippen molar-refractivity contribution >= 4 is 23.2 Å². The molecule has 2 aromatic rings. The fourth-order valence-electron chi connectivity index (χ4n) is 2.86. The zero-order chi connectivity index (χ0) is 17.1. The van der Waals surface area contributed by atoms with Gasteiger partial charge in [-0.25, -0.2) is 5.48 Å². The lowest BCUT2D eigenvalue weighted by Crippen LogP contribution is -2.35. The van der Waals surface area contributed by atoms with Gasteiger partial charge in [-0.1, -0.05) is 29.8 Å². The predicted octanol–water partition coefficient (Wildman–Crippen LogP) is 2.69. The molecule has 0 spiro atoms. The van der Waals surface area contributed by atoms with Crippen molar-refractivity contribution in [2.75, 3.05) is 6.54 Å². The number of carbonyl (C=O) groups is 2. The molecule has 0 unspecified atom stereocenters. The summed E-state index contributed by atoms with van der Waals surface area (Å²) in [7, 11) is 0. The van der Waals surface area contributed by atoms with Gasteiger partial charge in [-0.3, -0.25) is 14.8 Å². The Morgan fingerprint density at radius 3 is 2.75 bits per heavy atom. The van der Waals surface area contributed by atoms with E-state index in [1.807, 2.05) is 11.8 Å². The molecule has 2 N–H and O–H groups in total. The van der Waals surface area contributed by atoms with E-state index in [4.69, 9.17) is 5.21 Å². The lowest BCUT2D eigenvalue weighted by molar-refractivity contribution is -0.132. The highest BCUT2D eigenvalue weighted by molar-refractivity contribution is 7.14. The quantitative estimate of drug-likeness (QED) is 0.662. The average molecular weight is 344 g/mol. The first kappa shape index (κ1) is 16.7. The number of rotatable bonds is 4. The number of fused-ring (bicyclic) bond motifs is 1. The zero-order valence-corrected chi connectivity index (χ0v) is 14.4. The van der Waals surface area contributed by atoms with E-state index < -0.39 is 5.91 Å². The Bertz CT molecular complexity index is 752. The van der Waals surface area contributed by atoms with Crippen LogP contribution in [0.5, 0.6) is 0 Å². The van der Waals surface area contributed by atoms with Crippen LogP contribution >= 0.6 is 11.3 Å². The van der Waals surface area contributed by atoms with Gasteiger partial charge in [0.1, 0.15) is 0 Å². The first-order valence-electron chi connectivity index (χ1n) is 7.96. The van der Waals surface area contributed by atoms with Gasteiger partial charge in [-0.15, -0.1) is 11.3 Å². The van der Waals surface area contributed by atoms with Crippen LogP contribution in [0.3, 0.4) is 0 Å². The zero-order valence-electron chi connectivity index (χ0n) is 13.5. The van der Waals surface area contributed by atoms with Crippen LogP contribution in [0.15, 0.2) is 30.3 Å². The minimum absolute atomic E-state index is 0.141. The Morgan fingerprint density at radius 2 is 2.04 bits per heavy atom. The number of aryl methyl sites for hydroxylation is 2. The summed E-state index contributed by atoms with van der Waals surface area (Å²) in [5.41, 5.74) is 5.14. The maximum absolute atomic E-state index is 12.5. The van der Waals surface area contributed by atoms with Crippen molar-refractivity contribution in [2.45, 2.75) is 32.7 Å². The molecule has 3 rings (SSSR count). The summed E-state index contributed by atoms with van der Waals surface area (Å²) in [5, 5.41) is 8.73. The van der Waals surface area contributed by atoms with Crippen LogP contribution in [0.2, 0.25) is 0 Å². The molecule has 1 aromatic heterocycles. The van der Waals surface area contributed by atoms with Crippen LogP contribution in [0.4, 0.5) is 0 Å². The number of hydroxylamine groups is 1. The molecule has 0 fully saturated rings. The highest BCUT2D eigenvalue weighted by Crippen LogP contribution is 2.28. The minimum Gasteiger partial charge on any atom is -0.337 e. The van der Waals surface area contributed by atoms with Crippen molar-refractivity contribution in [3.8, 4) is 0 Å². The van der Waals surface area contributed by atoms with Crippen LogP contribution in [-0.2, 0) is 24.2 Å². The molecule has 0 saturated carbocycles. The molecule has 24 heavy (non-hydrogen) atoms. The molecular formula is C18H20N2O3S. The molecule has 1 aliphatic rings. The highest BCUT2D eigenvalue weighted by Gasteiger charge is 2.24. The third-order valence-corrected chi connectivity index (χ3v) is 5.47. The van der Waals surface area contributed by atoms with Gasteiger partial charge in [0.15, 0.2) is 0 Å². The summed E-state index contributed by atoms with van der Waals surface area (Å²) in [6, 6.07) is 10.1. The number of benzene rings is 1. The molecule has 0 radical (unpaired) electrons. The second-order valence-electron chi connectivity index (χ2n) is 6.05. The fourth-order valence-corrected chi connectivity index (χ4v) is 3.98. The molecule has 1 aliphatic heterocycles. The van der Waals surface area contributed by atoms with Crippen molar-refractivity contribution in [2.24, 2.45) is 0 Å². The topological polar surface area (TPSA) is 69.6 Å². The van der Waals surface area contributed by atoms with E-state index in [-0.39, 0.29) is 5.91 Å². The summed E-state index contributed by atoms with van der Waals surface area (Å²) in [6.07, 6.45) is 1.99. The molecule has 0 aliphatic carbocycles. The maximum Gasteiger partial charge on any atom is 0.284 e. The van der Waals surface area contributed by atoms with E-state index in [2.05, 4.69) is 24.3 Å². The van der Waals surface area contributed by atoms with E-state index in [0.717, 1.165) is 23.3 Å². The van der Waals surface area contributed by atoms with Gasteiger partial charge in [-0.2, -0.15) is 0 Å². The van der Waals surface area contributed by atoms with E-state index >= 15 is 0 Å². The minimum atomic E-state index is -0.494. The first-order chi connectivity index (χ1) is 11.6. The van der Waals surface area contributed by atoms with Crippen molar-refractivity contribution < 1.29 is 14.8 Å². The van der Waals surface area contributed by atoms with Gasteiger partial charge in [-0.05, 0) is 37.0 Å². The normalized spacial score (nSPS) is 13.5. The third-order valence-electron chi connectivity index (χ3n) is 4.31. The van der Waals surface area contributed by atoms with Crippen molar-refractivity contribution in [1.82, 2.24) is 10.4 Å². The molecule has 0 saturated heterocycles. The first-order valence-corrected chi connectivity index (χ1v) is 8.78. The van der Waals surface area contributed by atoms with Crippen LogP contribution < -0.4 is 5.48 Å². The average Bonchev–Trinajstić information content (AvgIpc) is 3.03. The molecule has 0 atom stereocenters. The van der Waals surface area contributed by atoms with Gasteiger partial charge in [0, 0.05) is 17.8 Å². The number of hydrogen-bond donors (Lipinski definition) is 2. The second kappa shape index (κ2) is 7.15. The lowest BCUT2D eigenvalue weighted by atomic mass is 10.1. The summed E-state index contributed by atoms with van der Waals surface area (Å²) in [4.78, 5) is 27.3. The second-order valence-corrected chi connectivity index (χ2v) is 7.19. The lowest BCUT2D eigenvalue weighted by Gasteiger charge is -2.27. The molecule has 5 nitrogen and oxygen atoms in total. The van der Waals surface area contributed by atoms with Crippen LogP contribution in [0, 0.1) is 6.92 Å². The number of carbonyl (C=O) groups excluding carboxylic acids is 2. The van der Waals surface area contributed by atoms with Crippen molar-refractivity contribution in [1.29, 1.82) is 0 Å². The summed E-state index contributed by atoms with van der Waals surface area (Å²) in [5.74, 6) is -0.352. The Morgan fingerprint density at radius 1 is 1.29 bits per heavy atom. The monoisotopic (exact) mass is 344 g/mol. The van der Waals surface area contributed by atoms with Crippen molar-refractivity contribution in [3.05, 3.63) is 56.8 Å². The summed E-state index contributed by atoms with van der Waals surface area (Å²) < 4.78 is 0. The Kier molecular flexibility index (Phi) is 4.97. The summed E-state index contributed by atoms with van der Waals surface area (Å²) in [6.45, 7) is 3.27. The molecule has 0 bridgehead atoms. The highest BCUT2D eigenvalue weighted by atomic mass is 32.1. The molecule has 6 heteroatoms. The van der Waals surface area contributed by atoms with Gasteiger partial charge >= 0.3 is 0 Å². The van der Waals surface area contributed by atoms with Crippen LogP contribution in [0.1, 0.15) is 37.7 Å². The van der Waals surface area contributed by atoms with Crippen molar-refractivity contribution in [3.63, 3.8) is 0 Å². The smallest absolute Gasteiger partial charge is 0.284 e. The Labute approximate surface area is 144 Å². The SMILES string of the molecule is Cc1ccc(CCC(=O)N2CCc3cc(C(=O)NO)sc3C2)cc1. The Hall–Kier alpha value is -2.18. The van der Waals surface area contributed by atoms with E-state index in [9.17, 15) is 9.59 Å².